The molecule has 5 nitrogen and oxygen atoms in total. The smallest absolute Gasteiger partial charge is 0.294 e. The fourth-order valence-electron chi connectivity index (χ4n) is 3.85. The zero-order chi connectivity index (χ0) is 22.1. The van der Waals surface area contributed by atoms with Crippen molar-refractivity contribution >= 4 is 22.8 Å². The van der Waals surface area contributed by atoms with Crippen LogP contribution in [0, 0.1) is 18.3 Å². The number of nitriles is 1. The molecule has 3 aromatic carbocycles. The summed E-state index contributed by atoms with van der Waals surface area (Å²) in [7, 11) is 0. The highest BCUT2D eigenvalue weighted by atomic mass is 16.4. The minimum absolute atomic E-state index is 0.0927. The SMILES string of the molecule is Cc1c(C(=O)Nc2oc(-c3ccccc3)c(-c3ccccc3)c2C#N)oc2ccccc12. The van der Waals surface area contributed by atoms with Gasteiger partial charge in [-0.3, -0.25) is 10.1 Å². The van der Waals surface area contributed by atoms with E-state index in [0.29, 0.717) is 16.9 Å². The van der Waals surface area contributed by atoms with Crippen LogP contribution in [-0.2, 0) is 0 Å². The number of carbonyl (C=O) groups excluding carboxylic acids is 1. The Kier molecular flexibility index (Phi) is 4.81. The van der Waals surface area contributed by atoms with E-state index >= 15 is 0 Å². The molecule has 0 fully saturated rings. The molecule has 5 rings (SSSR count). The fraction of sp³-hybridized carbons (Fsp3) is 0.0370. The number of rotatable bonds is 4. The lowest BCUT2D eigenvalue weighted by Gasteiger charge is -2.03. The Morgan fingerprint density at radius 1 is 0.844 bits per heavy atom. The monoisotopic (exact) mass is 418 g/mol. The van der Waals surface area contributed by atoms with Crippen molar-refractivity contribution in [2.24, 2.45) is 0 Å². The Hall–Kier alpha value is -4.56. The first kappa shape index (κ1) is 19.4. The van der Waals surface area contributed by atoms with Crippen LogP contribution >= 0.6 is 0 Å². The number of benzene rings is 3. The largest absolute Gasteiger partial charge is 0.451 e. The van der Waals surface area contributed by atoms with Gasteiger partial charge in [0.2, 0.25) is 5.88 Å². The average Bonchev–Trinajstić information content (AvgIpc) is 3.38. The van der Waals surface area contributed by atoms with Crippen LogP contribution in [0.3, 0.4) is 0 Å². The van der Waals surface area contributed by atoms with Gasteiger partial charge in [-0.1, -0.05) is 78.9 Å². The molecule has 1 amide bonds. The zero-order valence-electron chi connectivity index (χ0n) is 17.3. The van der Waals surface area contributed by atoms with Gasteiger partial charge in [-0.25, -0.2) is 0 Å². The minimum Gasteiger partial charge on any atom is -0.451 e. The van der Waals surface area contributed by atoms with Gasteiger partial charge in [-0.15, -0.1) is 0 Å². The summed E-state index contributed by atoms with van der Waals surface area (Å²) >= 11 is 0. The first-order chi connectivity index (χ1) is 15.7. The number of aryl methyl sites for hydroxylation is 1. The van der Waals surface area contributed by atoms with Crippen LogP contribution in [0.5, 0.6) is 0 Å². The maximum Gasteiger partial charge on any atom is 0.294 e. The lowest BCUT2D eigenvalue weighted by atomic mass is 9.98. The quantitative estimate of drug-likeness (QED) is 0.348. The predicted molar refractivity (Wildman–Crippen MR) is 123 cm³/mol. The number of amides is 1. The molecule has 0 bridgehead atoms. The van der Waals surface area contributed by atoms with Crippen molar-refractivity contribution in [1.82, 2.24) is 0 Å². The maximum absolute atomic E-state index is 13.1. The molecule has 0 unspecified atom stereocenters. The lowest BCUT2D eigenvalue weighted by molar-refractivity contribution is 0.0995. The number of hydrogen-bond acceptors (Lipinski definition) is 4. The molecule has 2 heterocycles. The number of nitrogens with one attached hydrogen (secondary N) is 1. The van der Waals surface area contributed by atoms with E-state index in [9.17, 15) is 10.1 Å². The van der Waals surface area contributed by atoms with Gasteiger partial charge in [0.05, 0.1) is 0 Å². The van der Waals surface area contributed by atoms with Crippen LogP contribution in [0.15, 0.2) is 93.8 Å². The van der Waals surface area contributed by atoms with Crippen LogP contribution in [0.4, 0.5) is 5.88 Å². The number of carbonyl (C=O) groups is 1. The third kappa shape index (κ3) is 3.24. The Morgan fingerprint density at radius 3 is 2.12 bits per heavy atom. The summed E-state index contributed by atoms with van der Waals surface area (Å²) in [6, 6.07) is 28.7. The molecule has 0 aliphatic heterocycles. The van der Waals surface area contributed by atoms with E-state index < -0.39 is 5.91 Å². The highest BCUT2D eigenvalue weighted by Crippen LogP contribution is 2.41. The number of furan rings is 2. The molecule has 154 valence electrons. The van der Waals surface area contributed by atoms with E-state index in [1.54, 1.807) is 0 Å². The number of para-hydroxylation sites is 1. The minimum atomic E-state index is -0.469. The van der Waals surface area contributed by atoms with E-state index in [4.69, 9.17) is 8.83 Å². The number of anilines is 1. The Balaban J connectivity index is 1.63. The highest BCUT2D eigenvalue weighted by molar-refractivity contribution is 6.07. The molecule has 0 aliphatic carbocycles. The second kappa shape index (κ2) is 7.93. The van der Waals surface area contributed by atoms with Gasteiger partial charge >= 0.3 is 0 Å². The first-order valence-electron chi connectivity index (χ1n) is 10.1. The third-order valence-electron chi connectivity index (χ3n) is 5.40. The standard InChI is InChI=1S/C27H18N2O3/c1-17-20-14-8-9-15-22(20)31-24(17)26(30)29-27-21(16-28)23(18-10-4-2-5-11-18)25(32-27)19-12-6-3-7-13-19/h2-15H,1H3,(H,29,30). The van der Waals surface area contributed by atoms with Crippen LogP contribution in [0.1, 0.15) is 21.7 Å². The van der Waals surface area contributed by atoms with Crippen molar-refractivity contribution in [3.05, 3.63) is 102 Å². The van der Waals surface area contributed by atoms with Crippen molar-refractivity contribution < 1.29 is 13.6 Å². The maximum atomic E-state index is 13.1. The van der Waals surface area contributed by atoms with Gasteiger partial charge in [0.25, 0.3) is 5.91 Å². The van der Waals surface area contributed by atoms with Crippen molar-refractivity contribution in [2.45, 2.75) is 6.92 Å². The molecule has 0 spiro atoms. The molecule has 2 aromatic heterocycles. The van der Waals surface area contributed by atoms with Crippen molar-refractivity contribution in [3.8, 4) is 28.5 Å². The molecule has 5 heteroatoms. The molecular formula is C27H18N2O3. The van der Waals surface area contributed by atoms with Crippen LogP contribution in [0.25, 0.3) is 33.4 Å². The van der Waals surface area contributed by atoms with Gasteiger partial charge in [-0.2, -0.15) is 5.26 Å². The third-order valence-corrected chi connectivity index (χ3v) is 5.40. The van der Waals surface area contributed by atoms with Gasteiger partial charge in [0.1, 0.15) is 23.0 Å². The summed E-state index contributed by atoms with van der Waals surface area (Å²) in [6.45, 7) is 1.83. The van der Waals surface area contributed by atoms with E-state index in [-0.39, 0.29) is 17.2 Å². The topological polar surface area (TPSA) is 79.2 Å². The van der Waals surface area contributed by atoms with E-state index in [0.717, 1.165) is 22.1 Å². The molecule has 32 heavy (non-hydrogen) atoms. The van der Waals surface area contributed by atoms with E-state index in [2.05, 4.69) is 11.4 Å². The van der Waals surface area contributed by atoms with Crippen molar-refractivity contribution in [1.29, 1.82) is 5.26 Å². The molecule has 0 atom stereocenters. The van der Waals surface area contributed by atoms with Gasteiger partial charge in [0.15, 0.2) is 5.76 Å². The number of hydrogen-bond donors (Lipinski definition) is 1. The summed E-state index contributed by atoms with van der Waals surface area (Å²) < 4.78 is 11.9. The van der Waals surface area contributed by atoms with Crippen LogP contribution in [0.2, 0.25) is 0 Å². The molecule has 0 aliphatic rings. The number of nitrogens with zero attached hydrogens (tertiary/aromatic N) is 1. The Bertz CT molecular complexity index is 1470. The van der Waals surface area contributed by atoms with Gasteiger partial charge in [0, 0.05) is 22.1 Å². The number of fused-ring (bicyclic) bond motifs is 1. The van der Waals surface area contributed by atoms with E-state index in [1.165, 1.54) is 0 Å². The second-order valence-corrected chi connectivity index (χ2v) is 7.36. The van der Waals surface area contributed by atoms with Crippen molar-refractivity contribution in [2.75, 3.05) is 5.32 Å². The van der Waals surface area contributed by atoms with Gasteiger partial charge in [-0.05, 0) is 18.6 Å². The first-order valence-corrected chi connectivity index (χ1v) is 10.1. The Morgan fingerprint density at radius 2 is 1.47 bits per heavy atom. The van der Waals surface area contributed by atoms with Crippen molar-refractivity contribution in [3.63, 3.8) is 0 Å². The average molecular weight is 418 g/mol. The van der Waals surface area contributed by atoms with Crippen LogP contribution < -0.4 is 5.32 Å². The summed E-state index contributed by atoms with van der Waals surface area (Å²) in [4.78, 5) is 13.1. The van der Waals surface area contributed by atoms with Crippen LogP contribution in [-0.4, -0.2) is 5.91 Å². The highest BCUT2D eigenvalue weighted by Gasteiger charge is 2.26. The summed E-state index contributed by atoms with van der Waals surface area (Å²) in [5.74, 6) is 0.331. The molecule has 0 saturated heterocycles. The molecule has 0 saturated carbocycles. The van der Waals surface area contributed by atoms with E-state index in [1.807, 2.05) is 91.9 Å². The summed E-state index contributed by atoms with van der Waals surface area (Å²) in [5, 5.41) is 13.6. The zero-order valence-corrected chi connectivity index (χ0v) is 17.3. The van der Waals surface area contributed by atoms with Gasteiger partial charge < -0.3 is 8.83 Å². The summed E-state index contributed by atoms with van der Waals surface area (Å²) in [6.07, 6.45) is 0. The molecule has 0 radical (unpaired) electrons. The molecule has 5 aromatic rings. The fourth-order valence-corrected chi connectivity index (χ4v) is 3.85. The molecule has 1 N–H and O–H groups in total. The Labute approximate surface area is 184 Å². The normalized spacial score (nSPS) is 10.8. The summed E-state index contributed by atoms with van der Waals surface area (Å²) in [5.41, 5.74) is 3.89. The second-order valence-electron chi connectivity index (χ2n) is 7.36. The lowest BCUT2D eigenvalue weighted by Crippen LogP contribution is -2.12. The predicted octanol–water partition coefficient (Wildman–Crippen LogP) is 6.79. The molecular weight excluding hydrogens is 400 g/mol.